The van der Waals surface area contributed by atoms with Crippen molar-refractivity contribution >= 4 is 5.91 Å². The van der Waals surface area contributed by atoms with Crippen molar-refractivity contribution in [1.82, 2.24) is 9.47 Å². The van der Waals surface area contributed by atoms with Gasteiger partial charge < -0.3 is 14.6 Å². The first-order valence-electron chi connectivity index (χ1n) is 6.23. The van der Waals surface area contributed by atoms with Crippen molar-refractivity contribution in [3.05, 3.63) is 24.0 Å². The van der Waals surface area contributed by atoms with Gasteiger partial charge in [0.2, 0.25) is 0 Å². The lowest BCUT2D eigenvalue weighted by Gasteiger charge is -2.24. The van der Waals surface area contributed by atoms with Crippen LogP contribution in [0.2, 0.25) is 0 Å². The molecule has 1 amide bonds. The molecule has 1 aromatic heterocycles. The molecular formula is C13H20N2O2. The van der Waals surface area contributed by atoms with Crippen LogP contribution in [0.5, 0.6) is 0 Å². The zero-order chi connectivity index (χ0) is 12.4. The number of rotatable bonds is 3. The van der Waals surface area contributed by atoms with Gasteiger partial charge in [-0.25, -0.2) is 0 Å². The number of carbonyl (C=O) groups excluding carboxylic acids is 1. The third-order valence-corrected chi connectivity index (χ3v) is 3.40. The molecule has 0 bridgehead atoms. The number of amides is 1. The van der Waals surface area contributed by atoms with Crippen molar-refractivity contribution in [2.75, 3.05) is 13.2 Å². The van der Waals surface area contributed by atoms with Crippen molar-refractivity contribution in [2.24, 2.45) is 0 Å². The molecule has 1 aromatic rings. The van der Waals surface area contributed by atoms with Crippen LogP contribution in [0.25, 0.3) is 0 Å². The summed E-state index contributed by atoms with van der Waals surface area (Å²) in [6, 6.07) is 4.03. The highest BCUT2D eigenvalue weighted by Gasteiger charge is 2.30. The Morgan fingerprint density at radius 2 is 2.35 bits per heavy atom. The van der Waals surface area contributed by atoms with Crippen LogP contribution in [0.3, 0.4) is 0 Å². The Bertz CT molecular complexity index is 398. The summed E-state index contributed by atoms with van der Waals surface area (Å²) >= 11 is 0. The number of aliphatic hydroxyl groups excluding tert-OH is 1. The first-order valence-corrected chi connectivity index (χ1v) is 6.23. The molecule has 0 aromatic carbocycles. The van der Waals surface area contributed by atoms with E-state index in [4.69, 9.17) is 0 Å². The zero-order valence-corrected chi connectivity index (χ0v) is 10.5. The molecule has 1 atom stereocenters. The second-order valence-electron chi connectivity index (χ2n) is 4.87. The average molecular weight is 236 g/mol. The maximum atomic E-state index is 12.4. The summed E-state index contributed by atoms with van der Waals surface area (Å²) < 4.78 is 1.98. The van der Waals surface area contributed by atoms with Gasteiger partial charge in [-0.2, -0.15) is 0 Å². The molecular weight excluding hydrogens is 216 g/mol. The Labute approximate surface area is 102 Å². The first-order chi connectivity index (χ1) is 8.15. The van der Waals surface area contributed by atoms with E-state index in [0.717, 1.165) is 25.1 Å². The second-order valence-corrected chi connectivity index (χ2v) is 4.87. The molecule has 1 saturated heterocycles. The van der Waals surface area contributed by atoms with Crippen molar-refractivity contribution in [3.63, 3.8) is 0 Å². The number of nitrogens with zero attached hydrogens (tertiary/aromatic N) is 2. The smallest absolute Gasteiger partial charge is 0.270 e. The second kappa shape index (κ2) is 4.92. The van der Waals surface area contributed by atoms with Gasteiger partial charge in [0, 0.05) is 18.8 Å². The Balaban J connectivity index is 2.22. The van der Waals surface area contributed by atoms with Gasteiger partial charge in [0.25, 0.3) is 5.91 Å². The summed E-state index contributed by atoms with van der Waals surface area (Å²) in [5.41, 5.74) is 0.723. The Morgan fingerprint density at radius 1 is 1.59 bits per heavy atom. The summed E-state index contributed by atoms with van der Waals surface area (Å²) in [5, 5.41) is 9.26. The molecule has 0 saturated carbocycles. The van der Waals surface area contributed by atoms with Gasteiger partial charge >= 0.3 is 0 Å². The number of aliphatic hydroxyl groups is 1. The van der Waals surface area contributed by atoms with Gasteiger partial charge in [-0.1, -0.05) is 0 Å². The molecule has 1 N–H and O–H groups in total. The summed E-state index contributed by atoms with van der Waals surface area (Å²) in [4.78, 5) is 14.2. The minimum absolute atomic E-state index is 0.00184. The largest absolute Gasteiger partial charge is 0.394 e. The summed E-state index contributed by atoms with van der Waals surface area (Å²) in [7, 11) is 0. The van der Waals surface area contributed by atoms with Crippen molar-refractivity contribution in [2.45, 2.75) is 38.8 Å². The molecule has 94 valence electrons. The van der Waals surface area contributed by atoms with E-state index >= 15 is 0 Å². The van der Waals surface area contributed by atoms with E-state index in [1.54, 1.807) is 4.90 Å². The van der Waals surface area contributed by atoms with Gasteiger partial charge in [-0.05, 0) is 38.8 Å². The molecule has 1 aliphatic rings. The lowest BCUT2D eigenvalue weighted by Crippen LogP contribution is -2.38. The molecule has 0 unspecified atom stereocenters. The standard InChI is InChI=1S/C13H20N2O2/c1-10(2)14-7-4-6-12(14)13(17)15-8-3-5-11(15)9-16/h4,6-7,10-11,16H,3,5,8-9H2,1-2H3/t11-/m0/s1. The van der Waals surface area contributed by atoms with Crippen LogP contribution in [0.1, 0.15) is 43.2 Å². The summed E-state index contributed by atoms with van der Waals surface area (Å²) in [6.45, 7) is 4.94. The Hall–Kier alpha value is -1.29. The molecule has 1 aliphatic heterocycles. The highest BCUT2D eigenvalue weighted by molar-refractivity contribution is 5.93. The molecule has 17 heavy (non-hydrogen) atoms. The molecule has 0 aliphatic carbocycles. The SMILES string of the molecule is CC(C)n1cccc1C(=O)N1CCC[C@H]1CO. The maximum Gasteiger partial charge on any atom is 0.270 e. The predicted molar refractivity (Wildman–Crippen MR) is 66.0 cm³/mol. The van der Waals surface area contributed by atoms with Crippen molar-refractivity contribution in [1.29, 1.82) is 0 Å². The van der Waals surface area contributed by atoms with Gasteiger partial charge in [0.15, 0.2) is 0 Å². The topological polar surface area (TPSA) is 45.5 Å². The molecule has 2 rings (SSSR count). The minimum Gasteiger partial charge on any atom is -0.394 e. The fourth-order valence-electron chi connectivity index (χ4n) is 2.47. The Kier molecular flexibility index (Phi) is 3.52. The number of carbonyl (C=O) groups is 1. The van der Waals surface area contributed by atoms with E-state index in [1.165, 1.54) is 0 Å². The molecule has 1 fully saturated rings. The minimum atomic E-state index is -0.00184. The fraction of sp³-hybridized carbons (Fsp3) is 0.615. The third-order valence-electron chi connectivity index (χ3n) is 3.40. The van der Waals surface area contributed by atoms with E-state index < -0.39 is 0 Å². The number of likely N-dealkylation sites (tertiary alicyclic amines) is 1. The van der Waals surface area contributed by atoms with Gasteiger partial charge in [0.1, 0.15) is 5.69 Å². The zero-order valence-electron chi connectivity index (χ0n) is 10.5. The number of hydrogen-bond donors (Lipinski definition) is 1. The quantitative estimate of drug-likeness (QED) is 0.867. The summed E-state index contributed by atoms with van der Waals surface area (Å²) in [6.07, 6.45) is 3.83. The molecule has 2 heterocycles. The fourth-order valence-corrected chi connectivity index (χ4v) is 2.47. The maximum absolute atomic E-state index is 12.4. The van der Waals surface area contributed by atoms with Crippen LogP contribution >= 0.6 is 0 Å². The van der Waals surface area contributed by atoms with E-state index in [1.807, 2.05) is 22.9 Å². The first kappa shape index (κ1) is 12.2. The lowest BCUT2D eigenvalue weighted by molar-refractivity contribution is 0.0665. The molecule has 0 radical (unpaired) electrons. The van der Waals surface area contributed by atoms with Crippen LogP contribution in [0.4, 0.5) is 0 Å². The molecule has 4 nitrogen and oxygen atoms in total. The number of aromatic nitrogens is 1. The van der Waals surface area contributed by atoms with Crippen molar-refractivity contribution in [3.8, 4) is 0 Å². The third kappa shape index (κ3) is 2.22. The highest BCUT2D eigenvalue weighted by atomic mass is 16.3. The monoisotopic (exact) mass is 236 g/mol. The van der Waals surface area contributed by atoms with Crippen LogP contribution in [0, 0.1) is 0 Å². The van der Waals surface area contributed by atoms with E-state index in [-0.39, 0.29) is 24.6 Å². The van der Waals surface area contributed by atoms with E-state index in [9.17, 15) is 9.90 Å². The Morgan fingerprint density at radius 3 is 3.00 bits per heavy atom. The van der Waals surface area contributed by atoms with Crippen molar-refractivity contribution < 1.29 is 9.90 Å². The van der Waals surface area contributed by atoms with Crippen LogP contribution < -0.4 is 0 Å². The lowest BCUT2D eigenvalue weighted by atomic mass is 10.2. The van der Waals surface area contributed by atoms with Crippen LogP contribution in [-0.4, -0.2) is 39.7 Å². The van der Waals surface area contributed by atoms with Gasteiger partial charge in [0.05, 0.1) is 12.6 Å². The van der Waals surface area contributed by atoms with Gasteiger partial charge in [-0.15, -0.1) is 0 Å². The highest BCUT2D eigenvalue weighted by Crippen LogP contribution is 2.21. The predicted octanol–water partition coefficient (Wildman–Crippen LogP) is 1.67. The van der Waals surface area contributed by atoms with Crippen LogP contribution in [0.15, 0.2) is 18.3 Å². The summed E-state index contributed by atoms with van der Waals surface area (Å²) in [5.74, 6) is 0.0419. The molecule has 4 heteroatoms. The normalized spacial score (nSPS) is 20.2. The van der Waals surface area contributed by atoms with E-state index in [0.29, 0.717) is 0 Å². The average Bonchev–Trinajstić information content (AvgIpc) is 2.96. The number of hydrogen-bond acceptors (Lipinski definition) is 2. The van der Waals surface area contributed by atoms with Crippen LogP contribution in [-0.2, 0) is 0 Å². The van der Waals surface area contributed by atoms with Gasteiger partial charge in [-0.3, -0.25) is 4.79 Å². The van der Waals surface area contributed by atoms with E-state index in [2.05, 4.69) is 13.8 Å². The molecule has 0 spiro atoms.